The Morgan fingerprint density at radius 1 is 0.800 bits per heavy atom. The molecule has 3 amide bonds. The highest BCUT2D eigenvalue weighted by Crippen LogP contribution is 2.19. The smallest absolute Gasteiger partial charge is 0.257 e. The average molecular weight is 478 g/mol. The van der Waals surface area contributed by atoms with E-state index < -0.39 is 0 Å². The molecule has 1 unspecified atom stereocenters. The number of hydrogen-bond acceptors (Lipinski definition) is 5. The third-order valence-electron chi connectivity index (χ3n) is 6.79. The normalized spacial score (nSPS) is 19.2. The lowest BCUT2D eigenvalue weighted by atomic mass is 10.0. The van der Waals surface area contributed by atoms with Gasteiger partial charge in [0.2, 0.25) is 11.8 Å². The van der Waals surface area contributed by atoms with Gasteiger partial charge in [0.15, 0.2) is 0 Å². The molecule has 35 heavy (non-hydrogen) atoms. The van der Waals surface area contributed by atoms with Crippen LogP contribution < -0.4 is 10.6 Å². The van der Waals surface area contributed by atoms with Crippen molar-refractivity contribution in [2.75, 3.05) is 56.4 Å². The monoisotopic (exact) mass is 477 g/mol. The standard InChI is InChI=1S/C27H35N5O3/c1-21-9-7-8-14-32(21)26(34)20-31-17-15-30(16-18-31)19-25(33)29-24-13-6-5-12-23(24)27(35)28-22-10-3-2-4-11-22/h2-6,10-13,21H,7-9,14-20H2,1H3,(H,28,35)(H,29,33). The second-order valence-electron chi connectivity index (χ2n) is 9.40. The summed E-state index contributed by atoms with van der Waals surface area (Å²) in [7, 11) is 0. The van der Waals surface area contributed by atoms with Crippen molar-refractivity contribution in [2.24, 2.45) is 0 Å². The summed E-state index contributed by atoms with van der Waals surface area (Å²) < 4.78 is 0. The molecule has 2 fully saturated rings. The van der Waals surface area contributed by atoms with Crippen LogP contribution in [0.3, 0.4) is 0 Å². The van der Waals surface area contributed by atoms with Crippen LogP contribution in [-0.4, -0.2) is 84.3 Å². The number of piperazine rings is 1. The Labute approximate surface area is 207 Å². The van der Waals surface area contributed by atoms with Gasteiger partial charge in [0.25, 0.3) is 5.91 Å². The number of carbonyl (C=O) groups excluding carboxylic acids is 3. The first-order valence-corrected chi connectivity index (χ1v) is 12.5. The van der Waals surface area contributed by atoms with E-state index in [4.69, 9.17) is 0 Å². The van der Waals surface area contributed by atoms with Crippen molar-refractivity contribution in [1.29, 1.82) is 0 Å². The highest BCUT2D eigenvalue weighted by Gasteiger charge is 2.26. The van der Waals surface area contributed by atoms with Gasteiger partial charge in [-0.15, -0.1) is 0 Å². The van der Waals surface area contributed by atoms with E-state index >= 15 is 0 Å². The maximum atomic E-state index is 12.8. The zero-order valence-electron chi connectivity index (χ0n) is 20.4. The second kappa shape index (κ2) is 12.0. The molecule has 186 valence electrons. The molecule has 2 aliphatic rings. The van der Waals surface area contributed by atoms with E-state index in [9.17, 15) is 14.4 Å². The van der Waals surface area contributed by atoms with Gasteiger partial charge in [0, 0.05) is 44.5 Å². The minimum absolute atomic E-state index is 0.156. The van der Waals surface area contributed by atoms with E-state index in [1.165, 1.54) is 6.42 Å². The number of amides is 3. The van der Waals surface area contributed by atoms with Crippen molar-refractivity contribution >= 4 is 29.1 Å². The van der Waals surface area contributed by atoms with Gasteiger partial charge in [0.1, 0.15) is 0 Å². The van der Waals surface area contributed by atoms with Crippen molar-refractivity contribution < 1.29 is 14.4 Å². The molecule has 1 atom stereocenters. The number of para-hydroxylation sites is 2. The summed E-state index contributed by atoms with van der Waals surface area (Å²) in [5.74, 6) is -0.209. The molecule has 2 saturated heterocycles. The molecular formula is C27H35N5O3. The van der Waals surface area contributed by atoms with E-state index in [-0.39, 0.29) is 24.3 Å². The van der Waals surface area contributed by atoms with Crippen LogP contribution in [0.5, 0.6) is 0 Å². The van der Waals surface area contributed by atoms with Crippen LogP contribution in [0.25, 0.3) is 0 Å². The van der Waals surface area contributed by atoms with Gasteiger partial charge in [-0.05, 0) is 50.5 Å². The van der Waals surface area contributed by atoms with Crippen molar-refractivity contribution in [2.45, 2.75) is 32.2 Å². The maximum Gasteiger partial charge on any atom is 0.257 e. The third kappa shape index (κ3) is 6.90. The molecule has 2 aliphatic heterocycles. The highest BCUT2D eigenvalue weighted by molar-refractivity contribution is 6.10. The van der Waals surface area contributed by atoms with E-state index in [2.05, 4.69) is 27.4 Å². The first-order chi connectivity index (χ1) is 17.0. The second-order valence-corrected chi connectivity index (χ2v) is 9.40. The van der Waals surface area contributed by atoms with Gasteiger partial charge < -0.3 is 15.5 Å². The van der Waals surface area contributed by atoms with Crippen LogP contribution in [0.15, 0.2) is 54.6 Å². The van der Waals surface area contributed by atoms with Crippen molar-refractivity contribution in [1.82, 2.24) is 14.7 Å². The van der Waals surface area contributed by atoms with Crippen LogP contribution in [0.2, 0.25) is 0 Å². The Morgan fingerprint density at radius 3 is 2.17 bits per heavy atom. The lowest BCUT2D eigenvalue weighted by molar-refractivity contribution is -0.136. The van der Waals surface area contributed by atoms with Gasteiger partial charge in [-0.1, -0.05) is 30.3 Å². The molecule has 8 heteroatoms. The molecule has 0 bridgehead atoms. The number of piperidine rings is 1. The molecule has 0 aliphatic carbocycles. The SMILES string of the molecule is CC1CCCCN1C(=O)CN1CCN(CC(=O)Nc2ccccc2C(=O)Nc2ccccc2)CC1. The quantitative estimate of drug-likeness (QED) is 0.641. The Bertz CT molecular complexity index is 1020. The summed E-state index contributed by atoms with van der Waals surface area (Å²) in [6, 6.07) is 16.6. The van der Waals surface area contributed by atoms with Gasteiger partial charge in [0.05, 0.1) is 24.3 Å². The highest BCUT2D eigenvalue weighted by atomic mass is 16.2. The number of nitrogens with zero attached hydrogens (tertiary/aromatic N) is 3. The summed E-state index contributed by atoms with van der Waals surface area (Å²) in [5, 5.41) is 5.76. The predicted molar refractivity (Wildman–Crippen MR) is 137 cm³/mol. The van der Waals surface area contributed by atoms with Gasteiger partial charge in [-0.25, -0.2) is 0 Å². The lowest BCUT2D eigenvalue weighted by Gasteiger charge is -2.37. The van der Waals surface area contributed by atoms with Crippen molar-refractivity contribution in [3.05, 3.63) is 60.2 Å². The van der Waals surface area contributed by atoms with Crippen molar-refractivity contribution in [3.8, 4) is 0 Å². The Morgan fingerprint density at radius 2 is 1.46 bits per heavy atom. The summed E-state index contributed by atoms with van der Waals surface area (Å²) in [6.07, 6.45) is 3.38. The Balaban J connectivity index is 1.25. The maximum absolute atomic E-state index is 12.8. The molecule has 2 aromatic rings. The zero-order chi connectivity index (χ0) is 24.6. The number of rotatable bonds is 7. The number of likely N-dealkylation sites (tertiary alicyclic amines) is 1. The number of nitrogens with one attached hydrogen (secondary N) is 2. The first-order valence-electron chi connectivity index (χ1n) is 12.5. The van der Waals surface area contributed by atoms with Gasteiger partial charge in [-0.2, -0.15) is 0 Å². The summed E-state index contributed by atoms with van der Waals surface area (Å²) in [4.78, 5) is 44.5. The largest absolute Gasteiger partial charge is 0.339 e. The third-order valence-corrected chi connectivity index (χ3v) is 6.79. The fourth-order valence-electron chi connectivity index (χ4n) is 4.76. The molecule has 0 radical (unpaired) electrons. The van der Waals surface area contributed by atoms with E-state index in [1.54, 1.807) is 24.3 Å². The number of hydrogen-bond donors (Lipinski definition) is 2. The summed E-state index contributed by atoms with van der Waals surface area (Å²) in [5.41, 5.74) is 1.61. The zero-order valence-corrected chi connectivity index (χ0v) is 20.4. The molecule has 4 rings (SSSR count). The van der Waals surface area contributed by atoms with Crippen molar-refractivity contribution in [3.63, 3.8) is 0 Å². The molecule has 8 nitrogen and oxygen atoms in total. The fourth-order valence-corrected chi connectivity index (χ4v) is 4.76. The van der Waals surface area contributed by atoms with Gasteiger partial charge >= 0.3 is 0 Å². The fraction of sp³-hybridized carbons (Fsp3) is 0.444. The molecule has 2 aromatic carbocycles. The van der Waals surface area contributed by atoms with Crippen LogP contribution in [-0.2, 0) is 9.59 Å². The minimum atomic E-state index is -0.270. The molecule has 0 spiro atoms. The van der Waals surface area contributed by atoms with Crippen LogP contribution in [0, 0.1) is 0 Å². The Hall–Kier alpha value is -3.23. The van der Waals surface area contributed by atoms with Crippen LogP contribution >= 0.6 is 0 Å². The predicted octanol–water partition coefficient (Wildman–Crippen LogP) is 2.90. The molecule has 0 saturated carbocycles. The topological polar surface area (TPSA) is 85.0 Å². The summed E-state index contributed by atoms with van der Waals surface area (Å²) in [6.45, 7) is 6.68. The molecular weight excluding hydrogens is 442 g/mol. The van der Waals surface area contributed by atoms with E-state index in [1.807, 2.05) is 35.2 Å². The minimum Gasteiger partial charge on any atom is -0.339 e. The average Bonchev–Trinajstić information content (AvgIpc) is 2.86. The lowest BCUT2D eigenvalue weighted by Crippen LogP contribution is -2.53. The molecule has 0 aromatic heterocycles. The van der Waals surface area contributed by atoms with Gasteiger partial charge in [-0.3, -0.25) is 24.2 Å². The molecule has 2 heterocycles. The number of anilines is 2. The van der Waals surface area contributed by atoms with Crippen LogP contribution in [0.4, 0.5) is 11.4 Å². The van der Waals surface area contributed by atoms with E-state index in [0.29, 0.717) is 29.5 Å². The summed E-state index contributed by atoms with van der Waals surface area (Å²) >= 11 is 0. The molecule has 2 N–H and O–H groups in total. The number of benzene rings is 2. The van der Waals surface area contributed by atoms with E-state index in [0.717, 1.165) is 45.6 Å². The number of carbonyl (C=O) groups is 3. The Kier molecular flexibility index (Phi) is 8.50. The van der Waals surface area contributed by atoms with Crippen LogP contribution in [0.1, 0.15) is 36.5 Å². The first kappa shape index (κ1) is 24.9.